The molecule has 0 unspecified atom stereocenters. The SMILES string of the molecule is Cc1[nH]cnc1C(=O)N1CCC(c2nnc(CN3CCN(C)CC3)n2C)CC1. The van der Waals surface area contributed by atoms with E-state index in [-0.39, 0.29) is 5.91 Å². The molecule has 2 aromatic heterocycles. The van der Waals surface area contributed by atoms with Crippen LogP contribution in [-0.2, 0) is 13.6 Å². The van der Waals surface area contributed by atoms with Crippen LogP contribution in [0.4, 0.5) is 0 Å². The summed E-state index contributed by atoms with van der Waals surface area (Å²) in [6, 6.07) is 0. The molecule has 0 aromatic carbocycles. The molecule has 0 spiro atoms. The van der Waals surface area contributed by atoms with E-state index in [0.29, 0.717) is 11.6 Å². The molecule has 2 aromatic rings. The summed E-state index contributed by atoms with van der Waals surface area (Å²) in [6.45, 7) is 8.56. The van der Waals surface area contributed by atoms with Crippen LogP contribution in [0.3, 0.4) is 0 Å². The molecule has 2 saturated heterocycles. The second-order valence-corrected chi connectivity index (χ2v) is 8.06. The minimum Gasteiger partial charge on any atom is -0.348 e. The molecule has 0 radical (unpaired) electrons. The summed E-state index contributed by atoms with van der Waals surface area (Å²) in [5.74, 6) is 2.45. The van der Waals surface area contributed by atoms with Crippen LogP contribution in [0.15, 0.2) is 6.33 Å². The van der Waals surface area contributed by atoms with Crippen molar-refractivity contribution in [2.45, 2.75) is 32.2 Å². The first-order valence-corrected chi connectivity index (χ1v) is 10.1. The molecule has 152 valence electrons. The fraction of sp³-hybridized carbons (Fsp3) is 0.684. The van der Waals surface area contributed by atoms with Gasteiger partial charge in [0, 0.05) is 57.9 Å². The number of carbonyl (C=O) groups excluding carboxylic acids is 1. The molecule has 0 saturated carbocycles. The van der Waals surface area contributed by atoms with Crippen molar-refractivity contribution in [1.29, 1.82) is 0 Å². The van der Waals surface area contributed by atoms with E-state index < -0.39 is 0 Å². The smallest absolute Gasteiger partial charge is 0.274 e. The first kappa shape index (κ1) is 19.1. The summed E-state index contributed by atoms with van der Waals surface area (Å²) in [7, 11) is 4.24. The number of aromatic nitrogens is 5. The number of aryl methyl sites for hydroxylation is 1. The van der Waals surface area contributed by atoms with Gasteiger partial charge in [-0.15, -0.1) is 10.2 Å². The summed E-state index contributed by atoms with van der Waals surface area (Å²) < 4.78 is 2.17. The van der Waals surface area contributed by atoms with Crippen molar-refractivity contribution < 1.29 is 4.79 Å². The number of likely N-dealkylation sites (tertiary alicyclic amines) is 1. The highest BCUT2D eigenvalue weighted by atomic mass is 16.2. The van der Waals surface area contributed by atoms with E-state index in [9.17, 15) is 4.79 Å². The Labute approximate surface area is 165 Å². The van der Waals surface area contributed by atoms with Crippen molar-refractivity contribution in [1.82, 2.24) is 39.4 Å². The number of amides is 1. The van der Waals surface area contributed by atoms with Crippen LogP contribution in [0.2, 0.25) is 0 Å². The van der Waals surface area contributed by atoms with E-state index in [4.69, 9.17) is 0 Å². The van der Waals surface area contributed by atoms with Crippen LogP contribution >= 0.6 is 0 Å². The highest BCUT2D eigenvalue weighted by molar-refractivity contribution is 5.93. The maximum Gasteiger partial charge on any atom is 0.274 e. The number of H-pyrrole nitrogens is 1. The fourth-order valence-corrected chi connectivity index (χ4v) is 4.14. The van der Waals surface area contributed by atoms with Crippen molar-refractivity contribution in [3.8, 4) is 0 Å². The van der Waals surface area contributed by atoms with Crippen molar-refractivity contribution in [3.05, 3.63) is 29.4 Å². The number of nitrogens with zero attached hydrogens (tertiary/aromatic N) is 7. The summed E-state index contributed by atoms with van der Waals surface area (Å²) >= 11 is 0. The minimum absolute atomic E-state index is 0.0194. The average molecular weight is 387 g/mol. The topological polar surface area (TPSA) is 86.2 Å². The Morgan fingerprint density at radius 2 is 1.82 bits per heavy atom. The molecule has 2 aliphatic heterocycles. The number of piperidine rings is 1. The molecule has 1 N–H and O–H groups in total. The molecular weight excluding hydrogens is 356 g/mol. The molecule has 9 nitrogen and oxygen atoms in total. The quantitative estimate of drug-likeness (QED) is 0.829. The van der Waals surface area contributed by atoms with E-state index in [1.54, 1.807) is 6.33 Å². The Kier molecular flexibility index (Phi) is 5.45. The van der Waals surface area contributed by atoms with Gasteiger partial charge in [-0.3, -0.25) is 9.69 Å². The maximum absolute atomic E-state index is 12.6. The lowest BCUT2D eigenvalue weighted by Gasteiger charge is -2.32. The largest absolute Gasteiger partial charge is 0.348 e. The number of imidazole rings is 1. The molecular formula is C19H30N8O. The molecule has 9 heteroatoms. The van der Waals surface area contributed by atoms with Crippen molar-refractivity contribution in [2.75, 3.05) is 46.3 Å². The predicted molar refractivity (Wildman–Crippen MR) is 105 cm³/mol. The Bertz CT molecular complexity index is 812. The Morgan fingerprint density at radius 3 is 2.46 bits per heavy atom. The van der Waals surface area contributed by atoms with Gasteiger partial charge in [0.05, 0.1) is 12.9 Å². The molecule has 4 rings (SSSR count). The van der Waals surface area contributed by atoms with Gasteiger partial charge in [-0.25, -0.2) is 4.98 Å². The Balaban J connectivity index is 1.35. The van der Waals surface area contributed by atoms with Gasteiger partial charge >= 0.3 is 0 Å². The third kappa shape index (κ3) is 3.81. The van der Waals surface area contributed by atoms with Gasteiger partial charge in [-0.05, 0) is 26.8 Å². The first-order valence-electron chi connectivity index (χ1n) is 10.1. The van der Waals surface area contributed by atoms with Gasteiger partial charge < -0.3 is 19.4 Å². The standard InChI is InChI=1S/C19H30N8O/c1-14-17(21-13-20-14)19(28)27-6-4-15(5-7-27)18-23-22-16(25(18)3)12-26-10-8-24(2)9-11-26/h13,15H,4-12H2,1-3H3,(H,20,21). The molecule has 1 amide bonds. The highest BCUT2D eigenvalue weighted by Gasteiger charge is 2.29. The van der Waals surface area contributed by atoms with Crippen LogP contribution in [0.1, 0.15) is 46.6 Å². The van der Waals surface area contributed by atoms with Gasteiger partial charge in [-0.2, -0.15) is 0 Å². The summed E-state index contributed by atoms with van der Waals surface area (Å²) in [4.78, 5) is 26.5. The molecule has 2 aliphatic rings. The van der Waals surface area contributed by atoms with Crippen LogP contribution in [0, 0.1) is 6.92 Å². The Hall–Kier alpha value is -2.26. The second-order valence-electron chi connectivity index (χ2n) is 8.06. The molecule has 0 aliphatic carbocycles. The number of carbonyl (C=O) groups is 1. The zero-order chi connectivity index (χ0) is 19.7. The van der Waals surface area contributed by atoms with Crippen LogP contribution in [0.5, 0.6) is 0 Å². The molecule has 0 atom stereocenters. The first-order chi connectivity index (χ1) is 13.5. The van der Waals surface area contributed by atoms with Gasteiger partial charge in [0.15, 0.2) is 0 Å². The number of aromatic amines is 1. The van der Waals surface area contributed by atoms with Gasteiger partial charge in [0.1, 0.15) is 17.3 Å². The lowest BCUT2D eigenvalue weighted by Crippen LogP contribution is -2.44. The predicted octanol–water partition coefficient (Wildman–Crippen LogP) is 0.614. The monoisotopic (exact) mass is 386 g/mol. The van der Waals surface area contributed by atoms with Gasteiger partial charge in [0.25, 0.3) is 5.91 Å². The van der Waals surface area contributed by atoms with E-state index in [0.717, 1.165) is 76.0 Å². The number of hydrogen-bond acceptors (Lipinski definition) is 6. The number of likely N-dealkylation sites (N-methyl/N-ethyl adjacent to an activating group) is 1. The number of nitrogens with one attached hydrogen (secondary N) is 1. The second kappa shape index (κ2) is 8.00. The zero-order valence-corrected chi connectivity index (χ0v) is 17.1. The zero-order valence-electron chi connectivity index (χ0n) is 17.1. The van der Waals surface area contributed by atoms with Gasteiger partial charge in [0.2, 0.25) is 0 Å². The average Bonchev–Trinajstić information content (AvgIpc) is 3.29. The van der Waals surface area contributed by atoms with E-state index >= 15 is 0 Å². The number of hydrogen-bond donors (Lipinski definition) is 1. The molecule has 0 bridgehead atoms. The summed E-state index contributed by atoms with van der Waals surface area (Å²) in [6.07, 6.45) is 3.40. The maximum atomic E-state index is 12.6. The minimum atomic E-state index is 0.0194. The van der Waals surface area contributed by atoms with E-state index in [1.165, 1.54) is 0 Å². The lowest BCUT2D eigenvalue weighted by molar-refractivity contribution is 0.0704. The number of rotatable bonds is 4. The van der Waals surface area contributed by atoms with E-state index in [2.05, 4.69) is 48.6 Å². The summed E-state index contributed by atoms with van der Waals surface area (Å²) in [5.41, 5.74) is 1.36. The summed E-state index contributed by atoms with van der Waals surface area (Å²) in [5, 5.41) is 8.98. The van der Waals surface area contributed by atoms with E-state index in [1.807, 2.05) is 11.8 Å². The fourth-order valence-electron chi connectivity index (χ4n) is 4.14. The lowest BCUT2D eigenvalue weighted by atomic mass is 9.95. The van der Waals surface area contributed by atoms with Crippen LogP contribution < -0.4 is 0 Å². The molecule has 2 fully saturated rings. The molecule has 28 heavy (non-hydrogen) atoms. The van der Waals surface area contributed by atoms with Crippen LogP contribution in [0.25, 0.3) is 0 Å². The number of piperazine rings is 1. The van der Waals surface area contributed by atoms with Gasteiger partial charge in [-0.1, -0.05) is 0 Å². The highest BCUT2D eigenvalue weighted by Crippen LogP contribution is 2.28. The van der Waals surface area contributed by atoms with Crippen molar-refractivity contribution in [2.24, 2.45) is 7.05 Å². The Morgan fingerprint density at radius 1 is 1.11 bits per heavy atom. The third-order valence-electron chi connectivity index (χ3n) is 6.14. The van der Waals surface area contributed by atoms with Crippen molar-refractivity contribution in [3.63, 3.8) is 0 Å². The normalized spacial score (nSPS) is 20.0. The van der Waals surface area contributed by atoms with Crippen molar-refractivity contribution >= 4 is 5.91 Å². The molecule has 4 heterocycles. The third-order valence-corrected chi connectivity index (χ3v) is 6.14. The van der Waals surface area contributed by atoms with Crippen LogP contribution in [-0.4, -0.2) is 91.7 Å².